The fourth-order valence-electron chi connectivity index (χ4n) is 1.71. The van der Waals surface area contributed by atoms with Crippen molar-refractivity contribution in [1.29, 1.82) is 0 Å². The van der Waals surface area contributed by atoms with Gasteiger partial charge in [0.15, 0.2) is 0 Å². The van der Waals surface area contributed by atoms with Gasteiger partial charge in [-0.25, -0.2) is 4.39 Å². The summed E-state index contributed by atoms with van der Waals surface area (Å²) in [6.07, 6.45) is 5.18. The molecule has 0 amide bonds. The first-order valence-electron chi connectivity index (χ1n) is 6.04. The van der Waals surface area contributed by atoms with Gasteiger partial charge in [0.2, 0.25) is 11.8 Å². The normalized spacial score (nSPS) is 10.5. The monoisotopic (exact) mass is 289 g/mol. The van der Waals surface area contributed by atoms with Crippen molar-refractivity contribution in [3.8, 4) is 23.8 Å². The Morgan fingerprint density at radius 2 is 2.10 bits per heavy atom. The number of aromatic nitrogens is 2. The molecule has 0 radical (unpaired) electrons. The number of rotatable bonds is 6. The molecule has 0 atom stereocenters. The maximum Gasteiger partial charge on any atom is 0.317 e. The number of hydrogen-bond acceptors (Lipinski definition) is 5. The van der Waals surface area contributed by atoms with Crippen LogP contribution in [-0.4, -0.2) is 39.3 Å². The standard InChI is InChI=1S/C14H12FN3O3/c1-2-7-18(9-13(19)20)8-12-16-17-14(21-12)10-3-5-11(15)6-4-10/h1,3-6H,7-9H2,(H,19,20). The van der Waals surface area contributed by atoms with Gasteiger partial charge in [0.05, 0.1) is 19.6 Å². The molecule has 0 saturated heterocycles. The number of carboxylic acids is 1. The number of hydrogen-bond donors (Lipinski definition) is 1. The van der Waals surface area contributed by atoms with E-state index in [0.29, 0.717) is 5.56 Å². The van der Waals surface area contributed by atoms with Gasteiger partial charge < -0.3 is 9.52 Å². The summed E-state index contributed by atoms with van der Waals surface area (Å²) in [7, 11) is 0. The molecular formula is C14H12FN3O3. The Kier molecular flexibility index (Phi) is 4.64. The Labute approximate surface area is 120 Å². The Bertz CT molecular complexity index is 661. The molecule has 1 aromatic carbocycles. The third kappa shape index (κ3) is 4.12. The molecule has 1 heterocycles. The van der Waals surface area contributed by atoms with Crippen molar-refractivity contribution in [2.24, 2.45) is 0 Å². The van der Waals surface area contributed by atoms with Crippen LogP contribution in [-0.2, 0) is 11.3 Å². The molecule has 0 spiro atoms. The first-order chi connectivity index (χ1) is 10.1. The molecule has 0 fully saturated rings. The zero-order valence-electron chi connectivity index (χ0n) is 11.0. The second-order valence-corrected chi connectivity index (χ2v) is 4.25. The van der Waals surface area contributed by atoms with Crippen molar-refractivity contribution in [2.75, 3.05) is 13.1 Å². The van der Waals surface area contributed by atoms with Crippen molar-refractivity contribution >= 4 is 5.97 Å². The fraction of sp³-hybridized carbons (Fsp3) is 0.214. The van der Waals surface area contributed by atoms with Crippen LogP contribution in [0.1, 0.15) is 5.89 Å². The first kappa shape index (κ1) is 14.7. The highest BCUT2D eigenvalue weighted by molar-refractivity contribution is 5.69. The molecule has 0 bridgehead atoms. The number of aliphatic carboxylic acids is 1. The first-order valence-corrected chi connectivity index (χ1v) is 6.04. The number of halogens is 1. The summed E-state index contributed by atoms with van der Waals surface area (Å²) >= 11 is 0. The summed E-state index contributed by atoms with van der Waals surface area (Å²) in [5.74, 6) is 1.49. The second-order valence-electron chi connectivity index (χ2n) is 4.25. The van der Waals surface area contributed by atoms with E-state index in [2.05, 4.69) is 16.1 Å². The van der Waals surface area contributed by atoms with E-state index in [4.69, 9.17) is 15.9 Å². The lowest BCUT2D eigenvalue weighted by Crippen LogP contribution is -2.29. The molecule has 7 heteroatoms. The highest BCUT2D eigenvalue weighted by Gasteiger charge is 2.14. The molecule has 21 heavy (non-hydrogen) atoms. The van der Waals surface area contributed by atoms with Gasteiger partial charge in [0.1, 0.15) is 5.82 Å². The lowest BCUT2D eigenvalue weighted by atomic mass is 10.2. The predicted molar refractivity (Wildman–Crippen MR) is 71.4 cm³/mol. The number of benzene rings is 1. The topological polar surface area (TPSA) is 79.5 Å². The zero-order chi connectivity index (χ0) is 15.2. The molecule has 108 valence electrons. The highest BCUT2D eigenvalue weighted by Crippen LogP contribution is 2.18. The van der Waals surface area contributed by atoms with E-state index in [9.17, 15) is 9.18 Å². The van der Waals surface area contributed by atoms with Crippen LogP contribution in [0.5, 0.6) is 0 Å². The van der Waals surface area contributed by atoms with Crippen molar-refractivity contribution in [2.45, 2.75) is 6.54 Å². The lowest BCUT2D eigenvalue weighted by molar-refractivity contribution is -0.138. The van der Waals surface area contributed by atoms with Crippen LogP contribution in [0.15, 0.2) is 28.7 Å². The minimum absolute atomic E-state index is 0.130. The third-order valence-electron chi connectivity index (χ3n) is 2.59. The predicted octanol–water partition coefficient (Wildman–Crippen LogP) is 1.40. The summed E-state index contributed by atoms with van der Waals surface area (Å²) in [4.78, 5) is 12.2. The molecule has 1 N–H and O–H groups in total. The molecule has 0 aliphatic heterocycles. The Morgan fingerprint density at radius 3 is 2.71 bits per heavy atom. The fourth-order valence-corrected chi connectivity index (χ4v) is 1.71. The van der Waals surface area contributed by atoms with Crippen LogP contribution >= 0.6 is 0 Å². The minimum atomic E-state index is -0.997. The van der Waals surface area contributed by atoms with E-state index < -0.39 is 5.97 Å². The van der Waals surface area contributed by atoms with Gasteiger partial charge in [-0.15, -0.1) is 16.6 Å². The SMILES string of the molecule is C#CCN(CC(=O)O)Cc1nnc(-c2ccc(F)cc2)o1. The van der Waals surface area contributed by atoms with Crippen molar-refractivity contribution in [3.05, 3.63) is 36.0 Å². The summed E-state index contributed by atoms with van der Waals surface area (Å²) in [6.45, 7) is 0.0592. The van der Waals surface area contributed by atoms with Crippen LogP contribution < -0.4 is 0 Å². The maximum atomic E-state index is 12.8. The Morgan fingerprint density at radius 1 is 1.38 bits per heavy atom. The van der Waals surface area contributed by atoms with Gasteiger partial charge in [0.25, 0.3) is 0 Å². The van der Waals surface area contributed by atoms with Crippen molar-refractivity contribution in [1.82, 2.24) is 15.1 Å². The number of nitrogens with zero attached hydrogens (tertiary/aromatic N) is 3. The van der Waals surface area contributed by atoms with Crippen LogP contribution in [0.4, 0.5) is 4.39 Å². The smallest absolute Gasteiger partial charge is 0.317 e. The molecule has 2 aromatic rings. The molecule has 1 aromatic heterocycles. The zero-order valence-corrected chi connectivity index (χ0v) is 11.0. The maximum absolute atomic E-state index is 12.8. The van der Waals surface area contributed by atoms with Gasteiger partial charge >= 0.3 is 5.97 Å². The minimum Gasteiger partial charge on any atom is -0.480 e. The van der Waals surface area contributed by atoms with Gasteiger partial charge in [-0.3, -0.25) is 9.69 Å². The van der Waals surface area contributed by atoms with E-state index in [1.165, 1.54) is 29.2 Å². The summed E-state index contributed by atoms with van der Waals surface area (Å²) in [5.41, 5.74) is 0.580. The number of carboxylic acid groups (broad SMARTS) is 1. The average Bonchev–Trinajstić information content (AvgIpc) is 2.87. The summed E-state index contributed by atoms with van der Waals surface area (Å²) < 4.78 is 18.3. The number of terminal acetylenes is 1. The molecule has 0 unspecified atom stereocenters. The van der Waals surface area contributed by atoms with E-state index in [1.807, 2.05) is 0 Å². The summed E-state index contributed by atoms with van der Waals surface area (Å²) in [5, 5.41) is 16.5. The second kappa shape index (κ2) is 6.63. The van der Waals surface area contributed by atoms with Gasteiger partial charge in [-0.05, 0) is 24.3 Å². The van der Waals surface area contributed by atoms with Gasteiger partial charge in [-0.1, -0.05) is 5.92 Å². The molecule has 0 aliphatic rings. The molecule has 0 aliphatic carbocycles. The Hall–Kier alpha value is -2.72. The summed E-state index contributed by atoms with van der Waals surface area (Å²) in [6, 6.07) is 5.61. The van der Waals surface area contributed by atoms with Crippen LogP contribution in [0, 0.1) is 18.2 Å². The van der Waals surface area contributed by atoms with Crippen LogP contribution in [0.2, 0.25) is 0 Å². The lowest BCUT2D eigenvalue weighted by Gasteiger charge is -2.14. The number of carbonyl (C=O) groups is 1. The Balaban J connectivity index is 2.10. The van der Waals surface area contributed by atoms with E-state index >= 15 is 0 Å². The van der Waals surface area contributed by atoms with E-state index in [1.54, 1.807) is 0 Å². The average molecular weight is 289 g/mol. The molecule has 0 saturated carbocycles. The van der Waals surface area contributed by atoms with Crippen molar-refractivity contribution in [3.63, 3.8) is 0 Å². The molecule has 2 rings (SSSR count). The quantitative estimate of drug-likeness (QED) is 0.810. The highest BCUT2D eigenvalue weighted by atomic mass is 19.1. The van der Waals surface area contributed by atoms with Crippen LogP contribution in [0.25, 0.3) is 11.5 Å². The van der Waals surface area contributed by atoms with E-state index in [-0.39, 0.29) is 37.2 Å². The molecular weight excluding hydrogens is 277 g/mol. The van der Waals surface area contributed by atoms with E-state index in [0.717, 1.165) is 0 Å². The largest absolute Gasteiger partial charge is 0.480 e. The van der Waals surface area contributed by atoms with Gasteiger partial charge in [-0.2, -0.15) is 0 Å². The molecule has 6 nitrogen and oxygen atoms in total. The van der Waals surface area contributed by atoms with Crippen LogP contribution in [0.3, 0.4) is 0 Å². The van der Waals surface area contributed by atoms with Gasteiger partial charge in [0, 0.05) is 5.56 Å². The van der Waals surface area contributed by atoms with Crippen molar-refractivity contribution < 1.29 is 18.7 Å². The third-order valence-corrected chi connectivity index (χ3v) is 2.59.